The molecule has 0 saturated carbocycles. The zero-order valence-electron chi connectivity index (χ0n) is 19.0. The van der Waals surface area contributed by atoms with E-state index in [0.29, 0.717) is 32.3 Å². The van der Waals surface area contributed by atoms with Crippen molar-refractivity contribution in [1.29, 1.82) is 0 Å². The van der Waals surface area contributed by atoms with Gasteiger partial charge >= 0.3 is 0 Å². The predicted octanol–water partition coefficient (Wildman–Crippen LogP) is 1.81. The molecule has 1 aromatic heterocycles. The zero-order chi connectivity index (χ0) is 22.5. The lowest BCUT2D eigenvalue weighted by atomic mass is 10.1. The lowest BCUT2D eigenvalue weighted by Crippen LogP contribution is -2.44. The summed E-state index contributed by atoms with van der Waals surface area (Å²) >= 11 is 0. The van der Waals surface area contributed by atoms with Crippen molar-refractivity contribution >= 4 is 16.9 Å². The fraction of sp³-hybridized carbons (Fsp3) is 0.565. The molecule has 1 unspecified atom stereocenters. The normalized spacial score (nSPS) is 19.7. The van der Waals surface area contributed by atoms with Gasteiger partial charge in [0.1, 0.15) is 11.0 Å². The van der Waals surface area contributed by atoms with Crippen LogP contribution in [0.5, 0.6) is 0 Å². The number of hydrogen-bond donors (Lipinski definition) is 1. The number of rotatable bonds is 7. The molecule has 2 aliphatic heterocycles. The zero-order valence-corrected chi connectivity index (χ0v) is 19.8. The highest BCUT2D eigenvalue weighted by Crippen LogP contribution is 2.25. The molecule has 8 nitrogen and oxygen atoms in total. The van der Waals surface area contributed by atoms with Crippen molar-refractivity contribution in [1.82, 2.24) is 24.3 Å². The monoisotopic (exact) mass is 459 g/mol. The summed E-state index contributed by atoms with van der Waals surface area (Å²) in [6.07, 6.45) is 5.94. The van der Waals surface area contributed by atoms with Gasteiger partial charge in [0.15, 0.2) is 0 Å². The number of morpholine rings is 1. The fourth-order valence-electron chi connectivity index (χ4n) is 4.29. The van der Waals surface area contributed by atoms with Crippen LogP contribution in [0.4, 0.5) is 0 Å². The van der Waals surface area contributed by atoms with Crippen LogP contribution < -0.4 is 5.32 Å². The first kappa shape index (κ1) is 23.1. The Labute approximate surface area is 192 Å². The number of nitrogens with one attached hydrogen (secondary N) is 1. The third-order valence-corrected chi connectivity index (χ3v) is 7.84. The van der Waals surface area contributed by atoms with Gasteiger partial charge in [-0.05, 0) is 37.0 Å². The van der Waals surface area contributed by atoms with Gasteiger partial charge < -0.3 is 15.0 Å². The smallest absolute Gasteiger partial charge is 0.217 e. The van der Waals surface area contributed by atoms with Crippen LogP contribution >= 0.6 is 0 Å². The Balaban J connectivity index is 1.35. The average Bonchev–Trinajstić information content (AvgIpc) is 3.28. The molecule has 9 heteroatoms. The number of benzene rings is 1. The first-order valence-corrected chi connectivity index (χ1v) is 12.5. The van der Waals surface area contributed by atoms with Crippen LogP contribution in [-0.4, -0.2) is 81.1 Å². The highest BCUT2D eigenvalue weighted by atomic mass is 32.2. The Bertz CT molecular complexity index is 949. The summed E-state index contributed by atoms with van der Waals surface area (Å²) < 4.78 is 22.5. The Kier molecular flexibility index (Phi) is 7.72. The maximum Gasteiger partial charge on any atom is 0.217 e. The molecule has 0 aliphatic carbocycles. The molecule has 1 aromatic carbocycles. The maximum atomic E-state index is 13.1. The van der Waals surface area contributed by atoms with Gasteiger partial charge in [-0.3, -0.25) is 9.48 Å². The molecule has 174 valence electrons. The Morgan fingerprint density at radius 2 is 1.91 bits per heavy atom. The third-order valence-electron chi connectivity index (χ3n) is 6.19. The standard InChI is InChI=1S/C23H33N5O3S/c1-18-3-4-20(15-23(18)32(30)28-11-13-31-14-12-28)21-16-24-27(17-21)10-9-26-7-5-22(6-8-26)25-19(2)29/h3-4,15-17,22H,5-14H2,1-2H3,(H,25,29). The van der Waals surface area contributed by atoms with Gasteiger partial charge in [-0.15, -0.1) is 0 Å². The van der Waals surface area contributed by atoms with Crippen molar-refractivity contribution < 1.29 is 13.7 Å². The number of ether oxygens (including phenoxy) is 1. The minimum absolute atomic E-state index is 0.0561. The number of aryl methyl sites for hydroxylation is 1. The summed E-state index contributed by atoms with van der Waals surface area (Å²) in [5.74, 6) is 0.0561. The number of piperidine rings is 1. The van der Waals surface area contributed by atoms with Crippen molar-refractivity contribution in [3.8, 4) is 11.1 Å². The molecular formula is C23H33N5O3S. The van der Waals surface area contributed by atoms with Gasteiger partial charge in [0, 0.05) is 57.4 Å². The summed E-state index contributed by atoms with van der Waals surface area (Å²) in [6, 6.07) is 6.46. The van der Waals surface area contributed by atoms with Crippen molar-refractivity contribution in [2.75, 3.05) is 45.9 Å². The van der Waals surface area contributed by atoms with Crippen LogP contribution in [0.3, 0.4) is 0 Å². The van der Waals surface area contributed by atoms with Gasteiger partial charge in [0.05, 0.1) is 30.9 Å². The van der Waals surface area contributed by atoms with E-state index in [0.717, 1.165) is 60.6 Å². The highest BCUT2D eigenvalue weighted by molar-refractivity contribution is 7.82. The fourth-order valence-corrected chi connectivity index (χ4v) is 5.62. The molecule has 1 atom stereocenters. The van der Waals surface area contributed by atoms with Crippen molar-refractivity contribution in [3.63, 3.8) is 0 Å². The van der Waals surface area contributed by atoms with Crippen molar-refractivity contribution in [2.24, 2.45) is 0 Å². The van der Waals surface area contributed by atoms with E-state index in [1.54, 1.807) is 6.92 Å². The number of likely N-dealkylation sites (tertiary alicyclic amines) is 1. The van der Waals surface area contributed by atoms with Gasteiger partial charge in [-0.25, -0.2) is 8.51 Å². The van der Waals surface area contributed by atoms with E-state index in [9.17, 15) is 9.00 Å². The van der Waals surface area contributed by atoms with Gasteiger partial charge in [0.2, 0.25) is 5.91 Å². The van der Waals surface area contributed by atoms with Gasteiger partial charge in [-0.2, -0.15) is 5.10 Å². The van der Waals surface area contributed by atoms with Crippen LogP contribution in [0.1, 0.15) is 25.3 Å². The SMILES string of the molecule is CC(=O)NC1CCN(CCn2cc(-c3ccc(C)c(S(=O)N4CCOCC4)c3)cn2)CC1. The molecule has 2 fully saturated rings. The number of carbonyl (C=O) groups is 1. The highest BCUT2D eigenvalue weighted by Gasteiger charge is 2.21. The average molecular weight is 460 g/mol. The summed E-state index contributed by atoms with van der Waals surface area (Å²) in [6.45, 7) is 9.98. The second-order valence-electron chi connectivity index (χ2n) is 8.58. The summed E-state index contributed by atoms with van der Waals surface area (Å²) in [5, 5.41) is 7.57. The predicted molar refractivity (Wildman–Crippen MR) is 124 cm³/mol. The molecule has 2 aromatic rings. The van der Waals surface area contributed by atoms with Crippen LogP contribution in [-0.2, 0) is 27.1 Å². The van der Waals surface area contributed by atoms with Crippen molar-refractivity contribution in [2.45, 2.75) is 44.2 Å². The molecule has 1 N–H and O–H groups in total. The van der Waals surface area contributed by atoms with E-state index in [-0.39, 0.29) is 5.91 Å². The molecule has 0 spiro atoms. The van der Waals surface area contributed by atoms with E-state index in [1.165, 1.54) is 0 Å². The second kappa shape index (κ2) is 10.7. The number of amides is 1. The van der Waals surface area contributed by atoms with Crippen molar-refractivity contribution in [3.05, 3.63) is 36.2 Å². The van der Waals surface area contributed by atoms with E-state index >= 15 is 0 Å². The molecule has 2 aliphatic rings. The summed E-state index contributed by atoms with van der Waals surface area (Å²) in [5.41, 5.74) is 3.11. The number of aromatic nitrogens is 2. The Morgan fingerprint density at radius 1 is 1.16 bits per heavy atom. The molecule has 32 heavy (non-hydrogen) atoms. The van der Waals surface area contributed by atoms with Crippen LogP contribution in [0.2, 0.25) is 0 Å². The summed E-state index contributed by atoms with van der Waals surface area (Å²) in [4.78, 5) is 14.5. The Morgan fingerprint density at radius 3 is 2.62 bits per heavy atom. The van der Waals surface area contributed by atoms with E-state index in [4.69, 9.17) is 4.74 Å². The quantitative estimate of drug-likeness (QED) is 0.683. The lowest BCUT2D eigenvalue weighted by Gasteiger charge is -2.32. The van der Waals surface area contributed by atoms with Crippen LogP contribution in [0, 0.1) is 6.92 Å². The first-order chi connectivity index (χ1) is 15.5. The summed E-state index contributed by atoms with van der Waals surface area (Å²) in [7, 11) is -1.18. The molecule has 1 amide bonds. The molecular weight excluding hydrogens is 426 g/mol. The topological polar surface area (TPSA) is 79.7 Å². The minimum atomic E-state index is -1.18. The largest absolute Gasteiger partial charge is 0.379 e. The van der Waals surface area contributed by atoms with E-state index < -0.39 is 11.0 Å². The van der Waals surface area contributed by atoms with Gasteiger partial charge in [-0.1, -0.05) is 12.1 Å². The number of nitrogens with zero attached hydrogens (tertiary/aromatic N) is 4. The third kappa shape index (κ3) is 5.83. The van der Waals surface area contributed by atoms with E-state index in [2.05, 4.69) is 27.6 Å². The van der Waals surface area contributed by atoms with Crippen LogP contribution in [0.15, 0.2) is 35.5 Å². The molecule has 0 bridgehead atoms. The Hall–Kier alpha value is -2.07. The molecule has 0 radical (unpaired) electrons. The molecule has 2 saturated heterocycles. The number of carbonyl (C=O) groups excluding carboxylic acids is 1. The van der Waals surface area contributed by atoms with Gasteiger partial charge in [0.25, 0.3) is 0 Å². The minimum Gasteiger partial charge on any atom is -0.379 e. The van der Waals surface area contributed by atoms with E-state index in [1.807, 2.05) is 34.2 Å². The number of hydrogen-bond acceptors (Lipinski definition) is 5. The maximum absolute atomic E-state index is 13.1. The molecule has 3 heterocycles. The molecule has 4 rings (SSSR count). The second-order valence-corrected chi connectivity index (χ2v) is 10.0. The first-order valence-electron chi connectivity index (χ1n) is 11.4. The van der Waals surface area contributed by atoms with Crippen LogP contribution in [0.25, 0.3) is 11.1 Å². The lowest BCUT2D eigenvalue weighted by molar-refractivity contribution is -0.119.